The van der Waals surface area contributed by atoms with Crippen LogP contribution in [-0.4, -0.2) is 12.1 Å². The van der Waals surface area contributed by atoms with Crippen molar-refractivity contribution >= 4 is 5.97 Å². The Morgan fingerprint density at radius 1 is 0.895 bits per heavy atom. The molecule has 0 aliphatic carbocycles. The van der Waals surface area contributed by atoms with Gasteiger partial charge in [-0.15, -0.1) is 0 Å². The molecule has 0 aromatic carbocycles. The Morgan fingerprint density at radius 2 is 1.42 bits per heavy atom. The molecule has 19 heavy (non-hydrogen) atoms. The molecular formula is C17H32O2. The van der Waals surface area contributed by atoms with Gasteiger partial charge in [0.05, 0.1) is 0 Å². The van der Waals surface area contributed by atoms with Crippen molar-refractivity contribution in [1.82, 2.24) is 0 Å². The topological polar surface area (TPSA) is 26.3 Å². The molecule has 2 heteroatoms. The largest absolute Gasteiger partial charge is 0.462 e. The molecule has 2 nitrogen and oxygen atoms in total. The maximum Gasteiger partial charge on any atom is 0.306 e. The van der Waals surface area contributed by atoms with Crippen molar-refractivity contribution in [3.8, 4) is 0 Å². The number of carbonyl (C=O) groups is 1. The Bertz CT molecular complexity index is 225. The van der Waals surface area contributed by atoms with Gasteiger partial charge in [0, 0.05) is 6.42 Å². The van der Waals surface area contributed by atoms with E-state index in [1.165, 1.54) is 57.8 Å². The molecule has 1 aliphatic heterocycles. The number of carbonyl (C=O) groups excluding carboxylic acids is 1. The van der Waals surface area contributed by atoms with E-state index >= 15 is 0 Å². The third kappa shape index (κ3) is 9.07. The second-order valence-corrected chi connectivity index (χ2v) is 5.97. The Balaban J connectivity index is 2.33. The van der Waals surface area contributed by atoms with E-state index in [1.54, 1.807) is 0 Å². The zero-order valence-electron chi connectivity index (χ0n) is 12.8. The zero-order chi connectivity index (χ0) is 13.8. The second kappa shape index (κ2) is 11.3. The summed E-state index contributed by atoms with van der Waals surface area (Å²) < 4.78 is 5.63. The molecule has 1 atom stereocenters. The first-order chi connectivity index (χ1) is 9.33. The van der Waals surface area contributed by atoms with E-state index in [2.05, 4.69) is 6.92 Å². The van der Waals surface area contributed by atoms with Gasteiger partial charge in [-0.1, -0.05) is 64.7 Å². The van der Waals surface area contributed by atoms with Crippen molar-refractivity contribution in [2.24, 2.45) is 0 Å². The summed E-state index contributed by atoms with van der Waals surface area (Å²) in [7, 11) is 0. The quantitative estimate of drug-likeness (QED) is 0.627. The fourth-order valence-corrected chi connectivity index (χ4v) is 2.88. The van der Waals surface area contributed by atoms with Gasteiger partial charge in [0.1, 0.15) is 6.10 Å². The minimum Gasteiger partial charge on any atom is -0.462 e. The number of rotatable bonds is 2. The molecule has 1 fully saturated rings. The Kier molecular flexibility index (Phi) is 9.84. The van der Waals surface area contributed by atoms with Gasteiger partial charge < -0.3 is 4.74 Å². The maximum atomic E-state index is 11.8. The first-order valence-electron chi connectivity index (χ1n) is 8.52. The minimum atomic E-state index is 0.0355. The Hall–Kier alpha value is -0.530. The van der Waals surface area contributed by atoms with Gasteiger partial charge in [0.15, 0.2) is 0 Å². The summed E-state index contributed by atoms with van der Waals surface area (Å²) in [6.45, 7) is 2.17. The maximum absolute atomic E-state index is 11.8. The van der Waals surface area contributed by atoms with E-state index in [0.717, 1.165) is 25.7 Å². The highest BCUT2D eigenvalue weighted by molar-refractivity contribution is 5.69. The van der Waals surface area contributed by atoms with Crippen molar-refractivity contribution in [3.05, 3.63) is 0 Å². The minimum absolute atomic E-state index is 0.0355. The molecule has 1 rings (SSSR count). The normalized spacial score (nSPS) is 25.1. The van der Waals surface area contributed by atoms with Gasteiger partial charge in [0.25, 0.3) is 0 Å². The van der Waals surface area contributed by atoms with Gasteiger partial charge >= 0.3 is 5.97 Å². The number of esters is 1. The van der Waals surface area contributed by atoms with E-state index in [9.17, 15) is 4.79 Å². The van der Waals surface area contributed by atoms with Crippen molar-refractivity contribution < 1.29 is 9.53 Å². The second-order valence-electron chi connectivity index (χ2n) is 5.97. The summed E-state index contributed by atoms with van der Waals surface area (Å²) in [5, 5.41) is 0. The Morgan fingerprint density at radius 3 is 2.00 bits per heavy atom. The molecule has 1 saturated heterocycles. The highest BCUT2D eigenvalue weighted by Crippen LogP contribution is 2.17. The SMILES string of the molecule is CCCC1CCCCCCCCCCCCC(=O)O1. The fraction of sp³-hybridized carbons (Fsp3) is 0.941. The van der Waals surface area contributed by atoms with Gasteiger partial charge in [-0.2, -0.15) is 0 Å². The molecule has 0 aromatic heterocycles. The number of cyclic esters (lactones) is 1. The molecule has 0 aromatic rings. The lowest BCUT2D eigenvalue weighted by Gasteiger charge is -2.17. The van der Waals surface area contributed by atoms with Crippen LogP contribution in [0.5, 0.6) is 0 Å². The molecule has 0 bridgehead atoms. The van der Waals surface area contributed by atoms with E-state index in [-0.39, 0.29) is 12.1 Å². The summed E-state index contributed by atoms with van der Waals surface area (Å²) in [5.74, 6) is 0.0355. The van der Waals surface area contributed by atoms with Crippen molar-refractivity contribution in [2.75, 3.05) is 0 Å². The average Bonchev–Trinajstić information content (AvgIpc) is 2.40. The van der Waals surface area contributed by atoms with Gasteiger partial charge in [-0.05, 0) is 25.7 Å². The summed E-state index contributed by atoms with van der Waals surface area (Å²) in [4.78, 5) is 11.8. The third-order valence-electron chi connectivity index (χ3n) is 4.07. The van der Waals surface area contributed by atoms with Gasteiger partial charge in [-0.25, -0.2) is 0 Å². The number of hydrogen-bond acceptors (Lipinski definition) is 2. The van der Waals surface area contributed by atoms with Crippen molar-refractivity contribution in [2.45, 2.75) is 103 Å². The zero-order valence-corrected chi connectivity index (χ0v) is 12.8. The highest BCUT2D eigenvalue weighted by Gasteiger charge is 2.13. The van der Waals surface area contributed by atoms with Crippen LogP contribution in [0.4, 0.5) is 0 Å². The van der Waals surface area contributed by atoms with Crippen LogP contribution < -0.4 is 0 Å². The highest BCUT2D eigenvalue weighted by atomic mass is 16.5. The van der Waals surface area contributed by atoms with Crippen molar-refractivity contribution in [1.29, 1.82) is 0 Å². The van der Waals surface area contributed by atoms with Crippen LogP contribution in [0.2, 0.25) is 0 Å². The van der Waals surface area contributed by atoms with Crippen LogP contribution in [0.15, 0.2) is 0 Å². The summed E-state index contributed by atoms with van der Waals surface area (Å²) >= 11 is 0. The van der Waals surface area contributed by atoms with E-state index in [1.807, 2.05) is 0 Å². The standard InChI is InChI=1S/C17H32O2/c1-2-13-16-14-11-9-7-5-3-4-6-8-10-12-15-17(18)19-16/h16H,2-15H2,1H3. The van der Waals surface area contributed by atoms with E-state index in [4.69, 9.17) is 4.74 Å². The third-order valence-corrected chi connectivity index (χ3v) is 4.07. The van der Waals surface area contributed by atoms with Crippen LogP contribution in [-0.2, 0) is 9.53 Å². The number of ether oxygens (including phenoxy) is 1. The summed E-state index contributed by atoms with van der Waals surface area (Å²) in [6.07, 6.45) is 16.9. The Labute approximate surface area is 119 Å². The molecule has 0 N–H and O–H groups in total. The predicted molar refractivity (Wildman–Crippen MR) is 80.2 cm³/mol. The van der Waals surface area contributed by atoms with Crippen LogP contribution in [0.3, 0.4) is 0 Å². The summed E-state index contributed by atoms with van der Waals surface area (Å²) in [5.41, 5.74) is 0. The summed E-state index contributed by atoms with van der Waals surface area (Å²) in [6, 6.07) is 0. The van der Waals surface area contributed by atoms with Crippen molar-refractivity contribution in [3.63, 3.8) is 0 Å². The van der Waals surface area contributed by atoms with Crippen LogP contribution in [0, 0.1) is 0 Å². The predicted octanol–water partition coefficient (Wildman–Crippen LogP) is 5.39. The molecule has 0 spiro atoms. The molecule has 0 radical (unpaired) electrons. The van der Waals surface area contributed by atoms with E-state index in [0.29, 0.717) is 6.42 Å². The van der Waals surface area contributed by atoms with Crippen LogP contribution in [0.25, 0.3) is 0 Å². The lowest BCUT2D eigenvalue weighted by atomic mass is 10.0. The van der Waals surface area contributed by atoms with E-state index < -0.39 is 0 Å². The molecule has 0 saturated carbocycles. The molecule has 0 amide bonds. The van der Waals surface area contributed by atoms with Crippen LogP contribution >= 0.6 is 0 Å². The molecular weight excluding hydrogens is 236 g/mol. The van der Waals surface area contributed by atoms with Gasteiger partial charge in [-0.3, -0.25) is 4.79 Å². The fourth-order valence-electron chi connectivity index (χ4n) is 2.88. The molecule has 1 aliphatic rings. The smallest absolute Gasteiger partial charge is 0.306 e. The molecule has 1 heterocycles. The van der Waals surface area contributed by atoms with Crippen LogP contribution in [0.1, 0.15) is 96.8 Å². The average molecular weight is 268 g/mol. The molecule has 112 valence electrons. The lowest BCUT2D eigenvalue weighted by molar-refractivity contribution is -0.150. The first kappa shape index (κ1) is 16.5. The lowest BCUT2D eigenvalue weighted by Crippen LogP contribution is -2.18. The number of hydrogen-bond donors (Lipinski definition) is 0. The first-order valence-corrected chi connectivity index (χ1v) is 8.52. The molecule has 1 unspecified atom stereocenters. The monoisotopic (exact) mass is 268 g/mol. The van der Waals surface area contributed by atoms with Gasteiger partial charge in [0.2, 0.25) is 0 Å².